The van der Waals surface area contributed by atoms with Crippen LogP contribution in [-0.4, -0.2) is 14.9 Å². The molecule has 2 aromatic carbocycles. The number of nitrogens with one attached hydrogen (secondary N) is 1. The molecule has 0 bridgehead atoms. The lowest BCUT2D eigenvalue weighted by atomic mass is 10.1. The van der Waals surface area contributed by atoms with E-state index in [4.69, 9.17) is 28.6 Å². The molecule has 6 heteroatoms. The molecule has 0 saturated heterocycles. The largest absolute Gasteiger partial charge is 0.314 e. The summed E-state index contributed by atoms with van der Waals surface area (Å²) in [7, 11) is 1.82. The minimum Gasteiger partial charge on any atom is -0.314 e. The van der Waals surface area contributed by atoms with Gasteiger partial charge in [-0.1, -0.05) is 53.0 Å². The number of rotatable bonds is 4. The van der Waals surface area contributed by atoms with Crippen molar-refractivity contribution >= 4 is 29.0 Å². The smallest absolute Gasteiger partial charge is 0.202 e. The van der Waals surface area contributed by atoms with Gasteiger partial charge in [0.2, 0.25) is 5.62 Å². The molecule has 0 fully saturated rings. The molecular formula is C19H17Cl2N3O. The lowest BCUT2D eigenvalue weighted by Gasteiger charge is -2.04. The summed E-state index contributed by atoms with van der Waals surface area (Å²) in [6, 6.07) is 12.9. The Balaban J connectivity index is 1.92. The van der Waals surface area contributed by atoms with Gasteiger partial charge in [-0.3, -0.25) is 10.2 Å². The highest BCUT2D eigenvalue weighted by Crippen LogP contribution is 2.23. The van der Waals surface area contributed by atoms with Crippen molar-refractivity contribution in [3.63, 3.8) is 0 Å². The van der Waals surface area contributed by atoms with E-state index in [0.29, 0.717) is 15.6 Å². The van der Waals surface area contributed by atoms with Crippen LogP contribution in [0.2, 0.25) is 10.0 Å². The summed E-state index contributed by atoms with van der Waals surface area (Å²) in [6.07, 6.45) is 1.82. The van der Waals surface area contributed by atoms with Crippen LogP contribution in [0.1, 0.15) is 15.9 Å². The molecule has 0 aliphatic heterocycles. The third kappa shape index (κ3) is 3.55. The fourth-order valence-electron chi connectivity index (χ4n) is 2.63. The molecular weight excluding hydrogens is 357 g/mol. The second kappa shape index (κ2) is 6.90. The first-order valence-electron chi connectivity index (χ1n) is 7.73. The number of halogens is 2. The highest BCUT2D eigenvalue weighted by atomic mass is 35.5. The van der Waals surface area contributed by atoms with Gasteiger partial charge in [0.15, 0.2) is 5.78 Å². The maximum Gasteiger partial charge on any atom is 0.202 e. The number of carbonyl (C=O) groups excluding carboxylic acids is 1. The van der Waals surface area contributed by atoms with Crippen LogP contribution in [-0.2, 0) is 13.6 Å². The van der Waals surface area contributed by atoms with Gasteiger partial charge in [0, 0.05) is 18.8 Å². The highest BCUT2D eigenvalue weighted by Gasteiger charge is 2.13. The van der Waals surface area contributed by atoms with Crippen LogP contribution in [0.4, 0.5) is 0 Å². The molecule has 4 nitrogen and oxygen atoms in total. The summed E-state index contributed by atoms with van der Waals surface area (Å²) in [5, 5.41) is 9.02. The fourth-order valence-corrected chi connectivity index (χ4v) is 2.93. The Morgan fingerprint density at radius 3 is 2.40 bits per heavy atom. The molecule has 25 heavy (non-hydrogen) atoms. The molecule has 0 unspecified atom stereocenters. The number of ketones is 1. The van der Waals surface area contributed by atoms with E-state index in [9.17, 15) is 4.79 Å². The average molecular weight is 374 g/mol. The second-order valence-electron chi connectivity index (χ2n) is 5.94. The van der Waals surface area contributed by atoms with Crippen molar-refractivity contribution < 1.29 is 4.79 Å². The lowest BCUT2D eigenvalue weighted by Crippen LogP contribution is -2.25. The predicted octanol–water partition coefficient (Wildman–Crippen LogP) is 4.47. The van der Waals surface area contributed by atoms with Gasteiger partial charge in [0.25, 0.3) is 0 Å². The number of Topliss-reactive ketones (excluding diaryl/α,β-unsaturated/α-hetero) is 1. The van der Waals surface area contributed by atoms with Crippen LogP contribution in [0.15, 0.2) is 48.7 Å². The summed E-state index contributed by atoms with van der Waals surface area (Å²) >= 11 is 11.9. The number of benzene rings is 2. The quantitative estimate of drug-likeness (QED) is 0.673. The van der Waals surface area contributed by atoms with Crippen molar-refractivity contribution in [2.45, 2.75) is 13.5 Å². The summed E-state index contributed by atoms with van der Waals surface area (Å²) in [4.78, 5) is 12.5. The van der Waals surface area contributed by atoms with Crippen LogP contribution >= 0.6 is 23.2 Å². The van der Waals surface area contributed by atoms with Crippen molar-refractivity contribution in [2.24, 2.45) is 7.05 Å². The van der Waals surface area contributed by atoms with E-state index in [2.05, 4.69) is 0 Å². The van der Waals surface area contributed by atoms with Gasteiger partial charge < -0.3 is 9.13 Å². The number of nitrogens with zero attached hydrogens (tertiary/aromatic N) is 2. The molecule has 0 aliphatic carbocycles. The van der Waals surface area contributed by atoms with E-state index < -0.39 is 0 Å². The Labute approximate surface area is 155 Å². The van der Waals surface area contributed by atoms with Gasteiger partial charge >= 0.3 is 0 Å². The molecule has 0 atom stereocenters. The predicted molar refractivity (Wildman–Crippen MR) is 100 cm³/mol. The van der Waals surface area contributed by atoms with Crippen LogP contribution in [0, 0.1) is 12.3 Å². The fraction of sp³-hybridized carbons (Fsp3) is 0.158. The van der Waals surface area contributed by atoms with Gasteiger partial charge in [-0.15, -0.1) is 0 Å². The molecule has 3 aromatic rings. The standard InChI is InChI=1S/C19H17Cl2N3O/c1-12-3-5-13(6-4-12)17-10-24(19(22)23(17)2)11-18(25)14-7-8-15(20)16(21)9-14/h3-10,22H,11H2,1-2H3. The van der Waals surface area contributed by atoms with E-state index in [1.807, 2.05) is 44.4 Å². The van der Waals surface area contributed by atoms with Gasteiger partial charge in [-0.2, -0.15) is 0 Å². The molecule has 128 valence electrons. The van der Waals surface area contributed by atoms with Crippen molar-refractivity contribution in [1.29, 1.82) is 5.41 Å². The van der Waals surface area contributed by atoms with E-state index >= 15 is 0 Å². The molecule has 1 N–H and O–H groups in total. The minimum atomic E-state index is -0.127. The number of hydrogen-bond acceptors (Lipinski definition) is 2. The topological polar surface area (TPSA) is 50.8 Å². The van der Waals surface area contributed by atoms with Crippen LogP contribution in [0.5, 0.6) is 0 Å². The normalized spacial score (nSPS) is 10.9. The van der Waals surface area contributed by atoms with Gasteiger partial charge in [0.05, 0.1) is 22.3 Å². The molecule has 0 saturated carbocycles. The molecule has 0 spiro atoms. The Kier molecular flexibility index (Phi) is 4.84. The van der Waals surface area contributed by atoms with E-state index in [1.165, 1.54) is 5.56 Å². The number of hydrogen-bond donors (Lipinski definition) is 1. The van der Waals surface area contributed by atoms with Crippen LogP contribution in [0.3, 0.4) is 0 Å². The summed E-state index contributed by atoms with van der Waals surface area (Å²) in [5.74, 6) is -0.127. The maximum atomic E-state index is 12.5. The molecule has 3 rings (SSSR count). The Bertz CT molecular complexity index is 1000. The third-order valence-electron chi connectivity index (χ3n) is 4.13. The number of aryl methyl sites for hydroxylation is 1. The van der Waals surface area contributed by atoms with Crippen molar-refractivity contribution in [3.8, 4) is 11.3 Å². The SMILES string of the molecule is Cc1ccc(-c2cn(CC(=O)c3ccc(Cl)c(Cl)c3)c(=N)n2C)cc1. The first kappa shape index (κ1) is 17.5. The number of carbonyl (C=O) groups is 1. The molecule has 1 aromatic heterocycles. The molecule has 0 amide bonds. The first-order chi connectivity index (χ1) is 11.9. The highest BCUT2D eigenvalue weighted by molar-refractivity contribution is 6.42. The number of imidazole rings is 1. The Hall–Kier alpha value is -2.30. The van der Waals surface area contributed by atoms with Gasteiger partial charge in [-0.25, -0.2) is 0 Å². The summed E-state index contributed by atoms with van der Waals surface area (Å²) in [6.45, 7) is 2.09. The lowest BCUT2D eigenvalue weighted by molar-refractivity contribution is 0.0970. The zero-order valence-electron chi connectivity index (χ0n) is 13.9. The van der Waals surface area contributed by atoms with Gasteiger partial charge in [-0.05, 0) is 30.7 Å². The maximum absolute atomic E-state index is 12.5. The first-order valence-corrected chi connectivity index (χ1v) is 8.48. The summed E-state index contributed by atoms with van der Waals surface area (Å²) in [5.41, 5.74) is 3.78. The molecule has 0 radical (unpaired) electrons. The average Bonchev–Trinajstić information content (AvgIpc) is 2.86. The van der Waals surface area contributed by atoms with Crippen molar-refractivity contribution in [2.75, 3.05) is 0 Å². The van der Waals surface area contributed by atoms with E-state index in [0.717, 1.165) is 11.3 Å². The zero-order valence-corrected chi connectivity index (χ0v) is 15.4. The van der Waals surface area contributed by atoms with Crippen LogP contribution < -0.4 is 5.62 Å². The van der Waals surface area contributed by atoms with Crippen LogP contribution in [0.25, 0.3) is 11.3 Å². The van der Waals surface area contributed by atoms with Crippen molar-refractivity contribution in [1.82, 2.24) is 9.13 Å². The summed E-state index contributed by atoms with van der Waals surface area (Å²) < 4.78 is 3.38. The minimum absolute atomic E-state index is 0.0660. The zero-order chi connectivity index (χ0) is 18.1. The number of aromatic nitrogens is 2. The third-order valence-corrected chi connectivity index (χ3v) is 4.87. The molecule has 1 heterocycles. The van der Waals surface area contributed by atoms with Crippen molar-refractivity contribution in [3.05, 3.63) is 75.5 Å². The molecule has 0 aliphatic rings. The second-order valence-corrected chi connectivity index (χ2v) is 6.76. The Morgan fingerprint density at radius 2 is 1.76 bits per heavy atom. The van der Waals surface area contributed by atoms with E-state index in [-0.39, 0.29) is 17.9 Å². The Morgan fingerprint density at radius 1 is 1.08 bits per heavy atom. The van der Waals surface area contributed by atoms with Gasteiger partial charge in [0.1, 0.15) is 0 Å². The monoisotopic (exact) mass is 373 g/mol. The van der Waals surface area contributed by atoms with E-state index in [1.54, 1.807) is 27.3 Å².